The van der Waals surface area contributed by atoms with Gasteiger partial charge in [-0.25, -0.2) is 18.1 Å². The van der Waals surface area contributed by atoms with Crippen molar-refractivity contribution in [3.8, 4) is 0 Å². The molecule has 0 aliphatic carbocycles. The lowest BCUT2D eigenvalue weighted by Crippen LogP contribution is -2.26. The number of hydrogen-bond acceptors (Lipinski definition) is 5. The normalized spacial score (nSPS) is 11.6. The average molecular weight is 281 g/mol. The van der Waals surface area contributed by atoms with Crippen molar-refractivity contribution in [2.24, 2.45) is 0 Å². The van der Waals surface area contributed by atoms with E-state index < -0.39 is 10.0 Å². The molecular weight excluding hydrogens is 266 g/mol. The van der Waals surface area contributed by atoms with Gasteiger partial charge in [0, 0.05) is 13.0 Å². The lowest BCUT2D eigenvalue weighted by atomic mass is 10.3. The van der Waals surface area contributed by atoms with Gasteiger partial charge in [0.25, 0.3) is 0 Å². The fourth-order valence-electron chi connectivity index (χ4n) is 1.62. The highest BCUT2D eigenvalue weighted by atomic mass is 32.2. The molecule has 1 aromatic heterocycles. The van der Waals surface area contributed by atoms with E-state index in [1.807, 2.05) is 0 Å². The van der Waals surface area contributed by atoms with Gasteiger partial charge < -0.3 is 5.73 Å². The van der Waals surface area contributed by atoms with Crippen molar-refractivity contribution >= 4 is 15.7 Å². The Morgan fingerprint density at radius 2 is 2.11 bits per heavy atom. The molecule has 0 fully saturated rings. The number of nitrogen functional groups attached to an aromatic ring is 1. The molecule has 7 nitrogen and oxygen atoms in total. The number of aromatic nitrogens is 3. The zero-order valence-electron chi connectivity index (χ0n) is 10.2. The van der Waals surface area contributed by atoms with Crippen LogP contribution in [0.15, 0.2) is 35.5 Å². The summed E-state index contributed by atoms with van der Waals surface area (Å²) in [4.78, 5) is 4.06. The van der Waals surface area contributed by atoms with Crippen LogP contribution < -0.4 is 10.5 Å². The van der Waals surface area contributed by atoms with Crippen LogP contribution in [0.5, 0.6) is 0 Å². The number of aryl methyl sites for hydroxylation is 1. The van der Waals surface area contributed by atoms with Crippen LogP contribution in [0, 0.1) is 0 Å². The molecule has 0 aliphatic rings. The smallest absolute Gasteiger partial charge is 0.242 e. The molecule has 102 valence electrons. The third-order valence-corrected chi connectivity index (χ3v) is 4.09. The van der Waals surface area contributed by atoms with Gasteiger partial charge >= 0.3 is 0 Å². The first-order valence-corrected chi connectivity index (χ1v) is 7.26. The van der Waals surface area contributed by atoms with Crippen LogP contribution in [0.25, 0.3) is 0 Å². The van der Waals surface area contributed by atoms with Crippen molar-refractivity contribution in [1.29, 1.82) is 0 Å². The maximum absolute atomic E-state index is 12.0. The predicted molar refractivity (Wildman–Crippen MR) is 70.7 cm³/mol. The largest absolute Gasteiger partial charge is 0.398 e. The number of anilines is 1. The lowest BCUT2D eigenvalue weighted by Gasteiger charge is -2.08. The molecule has 1 aromatic carbocycles. The Balaban J connectivity index is 1.90. The second-order valence-electron chi connectivity index (χ2n) is 3.97. The fraction of sp³-hybridized carbons (Fsp3) is 0.273. The summed E-state index contributed by atoms with van der Waals surface area (Å²) in [6, 6.07) is 6.37. The zero-order chi connectivity index (χ0) is 13.7. The van der Waals surface area contributed by atoms with E-state index in [4.69, 9.17) is 5.73 Å². The second kappa shape index (κ2) is 5.81. The van der Waals surface area contributed by atoms with Gasteiger partial charge in [-0.1, -0.05) is 12.1 Å². The summed E-state index contributed by atoms with van der Waals surface area (Å²) < 4.78 is 26.5. The Morgan fingerprint density at radius 1 is 1.32 bits per heavy atom. The lowest BCUT2D eigenvalue weighted by molar-refractivity contribution is 0.578. The molecule has 4 N–H and O–H groups in total. The van der Waals surface area contributed by atoms with Gasteiger partial charge in [0.05, 0.1) is 5.69 Å². The Labute approximate surface area is 111 Å². The quantitative estimate of drug-likeness (QED) is 0.520. The maximum atomic E-state index is 12.0. The van der Waals surface area contributed by atoms with Crippen molar-refractivity contribution in [3.05, 3.63) is 36.4 Å². The Morgan fingerprint density at radius 3 is 2.79 bits per heavy atom. The maximum Gasteiger partial charge on any atom is 0.242 e. The summed E-state index contributed by atoms with van der Waals surface area (Å²) in [5.74, 6) is 0.735. The highest BCUT2D eigenvalue weighted by Crippen LogP contribution is 2.16. The molecule has 0 spiro atoms. The summed E-state index contributed by atoms with van der Waals surface area (Å²) in [6.07, 6.45) is 2.68. The molecule has 0 saturated heterocycles. The van der Waals surface area contributed by atoms with Gasteiger partial charge in [-0.3, -0.25) is 5.10 Å². The van der Waals surface area contributed by atoms with E-state index in [0.717, 1.165) is 5.82 Å². The van der Waals surface area contributed by atoms with Crippen LogP contribution in [0.3, 0.4) is 0 Å². The first-order chi connectivity index (χ1) is 9.09. The van der Waals surface area contributed by atoms with Gasteiger partial charge in [-0.05, 0) is 18.6 Å². The van der Waals surface area contributed by atoms with E-state index in [2.05, 4.69) is 19.9 Å². The van der Waals surface area contributed by atoms with E-state index in [0.29, 0.717) is 19.4 Å². The van der Waals surface area contributed by atoms with Gasteiger partial charge in [0.1, 0.15) is 17.0 Å². The standard InChI is InChI=1S/C11H15N5O2S/c12-9-4-1-2-5-10(9)19(17,18)15-7-3-6-11-13-8-14-16-11/h1-2,4-5,8,15H,3,6-7,12H2,(H,13,14,16). The molecule has 19 heavy (non-hydrogen) atoms. The van der Waals surface area contributed by atoms with E-state index in [-0.39, 0.29) is 10.6 Å². The van der Waals surface area contributed by atoms with Crippen LogP contribution in [0.4, 0.5) is 5.69 Å². The van der Waals surface area contributed by atoms with Crippen LogP contribution in [0.2, 0.25) is 0 Å². The second-order valence-corrected chi connectivity index (χ2v) is 5.71. The van der Waals surface area contributed by atoms with E-state index in [1.165, 1.54) is 12.4 Å². The Kier molecular flexibility index (Phi) is 4.13. The first kappa shape index (κ1) is 13.5. The number of H-pyrrole nitrogens is 1. The number of rotatable bonds is 6. The van der Waals surface area contributed by atoms with Gasteiger partial charge in [0.15, 0.2) is 0 Å². The van der Waals surface area contributed by atoms with Crippen LogP contribution in [-0.4, -0.2) is 30.1 Å². The minimum Gasteiger partial charge on any atom is -0.398 e. The Hall–Kier alpha value is -1.93. The highest BCUT2D eigenvalue weighted by molar-refractivity contribution is 7.89. The predicted octanol–water partition coefficient (Wildman–Crippen LogP) is 0.298. The Bertz CT molecular complexity index is 624. The van der Waals surface area contributed by atoms with Gasteiger partial charge in [-0.2, -0.15) is 5.10 Å². The number of hydrogen-bond donors (Lipinski definition) is 3. The fourth-order valence-corrected chi connectivity index (χ4v) is 2.82. The number of nitrogens with two attached hydrogens (primary N) is 1. The van der Waals surface area contributed by atoms with Crippen molar-refractivity contribution < 1.29 is 8.42 Å². The summed E-state index contributed by atoms with van der Waals surface area (Å²) in [6.45, 7) is 0.317. The topological polar surface area (TPSA) is 114 Å². The highest BCUT2D eigenvalue weighted by Gasteiger charge is 2.15. The van der Waals surface area contributed by atoms with Crippen LogP contribution in [0.1, 0.15) is 12.2 Å². The van der Waals surface area contributed by atoms with Crippen molar-refractivity contribution in [2.75, 3.05) is 12.3 Å². The molecule has 0 aliphatic heterocycles. The van der Waals surface area contributed by atoms with Crippen molar-refractivity contribution in [1.82, 2.24) is 19.9 Å². The molecule has 0 bridgehead atoms. The van der Waals surface area contributed by atoms with Crippen LogP contribution >= 0.6 is 0 Å². The molecule has 2 aromatic rings. The SMILES string of the molecule is Nc1ccccc1S(=O)(=O)NCCCc1ncn[nH]1. The van der Waals surface area contributed by atoms with E-state index in [1.54, 1.807) is 18.2 Å². The van der Waals surface area contributed by atoms with Crippen LogP contribution in [-0.2, 0) is 16.4 Å². The molecule has 2 rings (SSSR count). The number of nitrogens with one attached hydrogen (secondary N) is 2. The molecule has 0 atom stereocenters. The van der Waals surface area contributed by atoms with E-state index in [9.17, 15) is 8.42 Å². The van der Waals surface area contributed by atoms with Crippen molar-refractivity contribution in [3.63, 3.8) is 0 Å². The number of aromatic amines is 1. The third-order valence-electron chi connectivity index (χ3n) is 2.56. The number of benzene rings is 1. The number of para-hydroxylation sites is 1. The first-order valence-electron chi connectivity index (χ1n) is 5.78. The minimum atomic E-state index is -3.55. The van der Waals surface area contributed by atoms with Gasteiger partial charge in [-0.15, -0.1) is 0 Å². The zero-order valence-corrected chi connectivity index (χ0v) is 11.0. The summed E-state index contributed by atoms with van der Waals surface area (Å²) in [5, 5.41) is 6.43. The third kappa shape index (κ3) is 3.52. The molecule has 0 amide bonds. The molecule has 0 saturated carbocycles. The number of nitrogens with zero attached hydrogens (tertiary/aromatic N) is 2. The molecule has 1 heterocycles. The van der Waals surface area contributed by atoms with Gasteiger partial charge in [0.2, 0.25) is 10.0 Å². The minimum absolute atomic E-state index is 0.106. The van der Waals surface area contributed by atoms with E-state index >= 15 is 0 Å². The average Bonchev–Trinajstić information content (AvgIpc) is 2.88. The monoisotopic (exact) mass is 281 g/mol. The molecular formula is C11H15N5O2S. The molecule has 0 radical (unpaired) electrons. The summed E-state index contributed by atoms with van der Waals surface area (Å²) in [7, 11) is -3.55. The molecule has 8 heteroatoms. The summed E-state index contributed by atoms with van der Waals surface area (Å²) >= 11 is 0. The molecule has 0 unspecified atom stereocenters. The number of sulfonamides is 1. The van der Waals surface area contributed by atoms with Crippen molar-refractivity contribution in [2.45, 2.75) is 17.7 Å². The summed E-state index contributed by atoms with van der Waals surface area (Å²) in [5.41, 5.74) is 5.89.